The summed E-state index contributed by atoms with van der Waals surface area (Å²) in [6.45, 7) is 4.37. The minimum atomic E-state index is 1.26. The van der Waals surface area contributed by atoms with E-state index in [0.717, 1.165) is 0 Å². The van der Waals surface area contributed by atoms with Crippen molar-refractivity contribution in [3.63, 3.8) is 0 Å². The van der Waals surface area contributed by atoms with Crippen molar-refractivity contribution in [2.75, 3.05) is 0 Å². The molecule has 0 spiro atoms. The first-order valence-corrected chi connectivity index (χ1v) is 6.84. The maximum Gasteiger partial charge on any atom is -0.0351 e. The third kappa shape index (κ3) is 13.7. The molecule has 0 heteroatoms. The van der Waals surface area contributed by atoms with E-state index >= 15 is 0 Å². The minimum Gasteiger partial charge on any atom is -0.0917 e. The first-order chi connectivity index (χ1) is 7.41. The van der Waals surface area contributed by atoms with Crippen LogP contribution in [0.5, 0.6) is 0 Å². The van der Waals surface area contributed by atoms with Crippen LogP contribution in [0.1, 0.15) is 78.1 Å². The van der Waals surface area contributed by atoms with Crippen molar-refractivity contribution in [3.05, 3.63) is 18.6 Å². The fraction of sp³-hybridized carbons (Fsp3) is 0.800. The van der Waals surface area contributed by atoms with Crippen LogP contribution in [-0.4, -0.2) is 0 Å². The van der Waals surface area contributed by atoms with Gasteiger partial charge in [0, 0.05) is 0 Å². The van der Waals surface area contributed by atoms with Gasteiger partial charge < -0.3 is 0 Å². The molecule has 1 radical (unpaired) electrons. The Bertz CT molecular complexity index is 124. The van der Waals surface area contributed by atoms with E-state index in [0.29, 0.717) is 0 Å². The summed E-state index contributed by atoms with van der Waals surface area (Å²) in [6.07, 6.45) is 20.6. The van der Waals surface area contributed by atoms with Crippen LogP contribution in [0.4, 0.5) is 0 Å². The Labute approximate surface area is 97.2 Å². The van der Waals surface area contributed by atoms with E-state index in [1.165, 1.54) is 64.2 Å². The number of allylic oxidation sites excluding steroid dienone is 2. The van der Waals surface area contributed by atoms with Crippen LogP contribution in [0.25, 0.3) is 0 Å². The Morgan fingerprint density at radius 3 is 2.00 bits per heavy atom. The standard InChI is InChI=1S/C15H29/c1-3-5-7-9-11-13-15-14-12-10-8-6-4-2/h3,5,15H,4,6-14H2,1-2H3/b5-3+. The van der Waals surface area contributed by atoms with Crippen molar-refractivity contribution in [2.24, 2.45) is 0 Å². The van der Waals surface area contributed by atoms with Crippen LogP contribution in [0.2, 0.25) is 0 Å². The van der Waals surface area contributed by atoms with Gasteiger partial charge in [0.2, 0.25) is 0 Å². The highest BCUT2D eigenvalue weighted by atomic mass is 14.0. The second kappa shape index (κ2) is 13.7. The summed E-state index contributed by atoms with van der Waals surface area (Å²) in [5, 5.41) is 0. The Kier molecular flexibility index (Phi) is 13.5. The SMILES string of the molecule is C/C=C/CCCC[CH]CCCCCCC. The summed E-state index contributed by atoms with van der Waals surface area (Å²) in [5.41, 5.74) is 0. The molecule has 0 saturated carbocycles. The van der Waals surface area contributed by atoms with E-state index in [1.54, 1.807) is 0 Å². The summed E-state index contributed by atoms with van der Waals surface area (Å²) in [6, 6.07) is 0. The van der Waals surface area contributed by atoms with Crippen molar-refractivity contribution < 1.29 is 0 Å². The van der Waals surface area contributed by atoms with E-state index in [2.05, 4.69) is 32.4 Å². The normalized spacial score (nSPS) is 11.3. The van der Waals surface area contributed by atoms with Crippen molar-refractivity contribution in [2.45, 2.75) is 78.1 Å². The second-order valence-corrected chi connectivity index (χ2v) is 4.35. The van der Waals surface area contributed by atoms with Crippen LogP contribution in [0, 0.1) is 6.42 Å². The predicted octanol–water partition coefficient (Wildman–Crippen LogP) is 5.69. The molecule has 0 saturated heterocycles. The van der Waals surface area contributed by atoms with Gasteiger partial charge in [-0.05, 0) is 26.2 Å². The number of hydrogen-bond acceptors (Lipinski definition) is 0. The Morgan fingerprint density at radius 1 is 0.733 bits per heavy atom. The summed E-state index contributed by atoms with van der Waals surface area (Å²) in [5.74, 6) is 0. The number of unbranched alkanes of at least 4 members (excludes halogenated alkanes) is 10. The van der Waals surface area contributed by atoms with Gasteiger partial charge >= 0.3 is 0 Å². The molecule has 0 aliphatic rings. The zero-order valence-corrected chi connectivity index (χ0v) is 10.8. The molecule has 0 heterocycles. The quantitative estimate of drug-likeness (QED) is 0.303. The monoisotopic (exact) mass is 209 g/mol. The average molecular weight is 209 g/mol. The van der Waals surface area contributed by atoms with Crippen molar-refractivity contribution in [1.82, 2.24) is 0 Å². The van der Waals surface area contributed by atoms with Crippen molar-refractivity contribution in [3.8, 4) is 0 Å². The van der Waals surface area contributed by atoms with E-state index < -0.39 is 0 Å². The minimum absolute atomic E-state index is 1.26. The molecular weight excluding hydrogens is 180 g/mol. The average Bonchev–Trinajstić information content (AvgIpc) is 2.26. The molecule has 0 aliphatic heterocycles. The second-order valence-electron chi connectivity index (χ2n) is 4.35. The molecule has 0 bridgehead atoms. The van der Waals surface area contributed by atoms with Crippen LogP contribution in [0.15, 0.2) is 12.2 Å². The maximum atomic E-state index is 2.49. The lowest BCUT2D eigenvalue weighted by Gasteiger charge is -2.00. The van der Waals surface area contributed by atoms with Crippen molar-refractivity contribution >= 4 is 0 Å². The molecule has 0 amide bonds. The topological polar surface area (TPSA) is 0 Å². The number of rotatable bonds is 11. The Balaban J connectivity index is 2.86. The Morgan fingerprint density at radius 2 is 1.33 bits per heavy atom. The number of hydrogen-bond donors (Lipinski definition) is 0. The third-order valence-electron chi connectivity index (χ3n) is 2.78. The summed E-state index contributed by atoms with van der Waals surface area (Å²) in [4.78, 5) is 0. The van der Waals surface area contributed by atoms with Gasteiger partial charge in [0.15, 0.2) is 0 Å². The van der Waals surface area contributed by atoms with Crippen LogP contribution in [-0.2, 0) is 0 Å². The van der Waals surface area contributed by atoms with Gasteiger partial charge in [-0.3, -0.25) is 0 Å². The predicted molar refractivity (Wildman–Crippen MR) is 71.0 cm³/mol. The van der Waals surface area contributed by atoms with Gasteiger partial charge in [-0.15, -0.1) is 0 Å². The third-order valence-corrected chi connectivity index (χ3v) is 2.78. The van der Waals surface area contributed by atoms with Gasteiger partial charge in [0.25, 0.3) is 0 Å². The van der Waals surface area contributed by atoms with Crippen LogP contribution < -0.4 is 0 Å². The van der Waals surface area contributed by atoms with Gasteiger partial charge in [-0.25, -0.2) is 0 Å². The fourth-order valence-electron chi connectivity index (χ4n) is 1.75. The lowest BCUT2D eigenvalue weighted by atomic mass is 10.1. The van der Waals surface area contributed by atoms with Gasteiger partial charge in [-0.2, -0.15) is 0 Å². The molecule has 0 nitrogen and oxygen atoms in total. The highest BCUT2D eigenvalue weighted by molar-refractivity contribution is 4.76. The molecule has 0 aromatic carbocycles. The van der Waals surface area contributed by atoms with Crippen LogP contribution in [0.3, 0.4) is 0 Å². The molecule has 0 aromatic heterocycles. The molecule has 0 fully saturated rings. The largest absolute Gasteiger partial charge is 0.0917 e. The summed E-state index contributed by atoms with van der Waals surface area (Å²) >= 11 is 0. The van der Waals surface area contributed by atoms with E-state index in [-0.39, 0.29) is 0 Å². The van der Waals surface area contributed by atoms with E-state index in [1.807, 2.05) is 0 Å². The molecule has 15 heavy (non-hydrogen) atoms. The van der Waals surface area contributed by atoms with Gasteiger partial charge in [0.1, 0.15) is 0 Å². The zero-order chi connectivity index (χ0) is 11.2. The van der Waals surface area contributed by atoms with E-state index in [9.17, 15) is 0 Å². The van der Waals surface area contributed by atoms with Crippen molar-refractivity contribution in [1.29, 1.82) is 0 Å². The first-order valence-electron chi connectivity index (χ1n) is 6.84. The summed E-state index contributed by atoms with van der Waals surface area (Å²) < 4.78 is 0. The maximum absolute atomic E-state index is 2.49. The molecule has 0 aromatic rings. The lowest BCUT2D eigenvalue weighted by Crippen LogP contribution is -1.82. The lowest BCUT2D eigenvalue weighted by molar-refractivity contribution is 0.614. The highest BCUT2D eigenvalue weighted by Gasteiger charge is 1.91. The Hall–Kier alpha value is -0.260. The van der Waals surface area contributed by atoms with E-state index in [4.69, 9.17) is 0 Å². The molecule has 0 rings (SSSR count). The molecule has 0 aliphatic carbocycles. The molecule has 89 valence electrons. The smallest absolute Gasteiger partial charge is 0.0351 e. The molecule has 0 atom stereocenters. The summed E-state index contributed by atoms with van der Waals surface area (Å²) in [7, 11) is 0. The molecule has 0 unspecified atom stereocenters. The first kappa shape index (κ1) is 14.7. The fourth-order valence-corrected chi connectivity index (χ4v) is 1.75. The van der Waals surface area contributed by atoms with Crippen LogP contribution >= 0.6 is 0 Å². The highest BCUT2D eigenvalue weighted by Crippen LogP contribution is 2.10. The molecule has 0 N–H and O–H groups in total. The van der Waals surface area contributed by atoms with Gasteiger partial charge in [-0.1, -0.05) is 70.4 Å². The molecular formula is C15H29. The zero-order valence-electron chi connectivity index (χ0n) is 10.8. The van der Waals surface area contributed by atoms with Gasteiger partial charge in [0.05, 0.1) is 0 Å².